The molecule has 3 atom stereocenters. The van der Waals surface area contributed by atoms with Crippen molar-refractivity contribution in [2.24, 2.45) is 17.3 Å². The van der Waals surface area contributed by atoms with Crippen molar-refractivity contribution < 1.29 is 14.6 Å². The molecule has 30 heavy (non-hydrogen) atoms. The van der Waals surface area contributed by atoms with Crippen molar-refractivity contribution >= 4 is 0 Å². The van der Waals surface area contributed by atoms with E-state index in [1.165, 1.54) is 36.8 Å². The highest BCUT2D eigenvalue weighted by Gasteiger charge is 2.42. The van der Waals surface area contributed by atoms with Crippen molar-refractivity contribution in [3.05, 3.63) is 35.6 Å². The summed E-state index contributed by atoms with van der Waals surface area (Å²) in [6.45, 7) is 15.4. The second kappa shape index (κ2) is 11.1. The summed E-state index contributed by atoms with van der Waals surface area (Å²) in [5, 5.41) is 9.68. The standard InChI is InChI=1S/C27H44O3/c1-8-11-12-13-20-14-24(29-7)26(25(15-20)30-18-19(4)28)23-17-27(5,6)22(10-3)16-21(23)9-2/h14-15,21-23,28H,4,8-13,16-18H2,1-3,5-7H3/t21?,22?,23-/m1/s1. The predicted molar refractivity (Wildman–Crippen MR) is 127 cm³/mol. The molecule has 0 saturated heterocycles. The third kappa shape index (κ3) is 5.95. The van der Waals surface area contributed by atoms with E-state index in [9.17, 15) is 5.11 Å². The van der Waals surface area contributed by atoms with Crippen LogP contribution in [0.2, 0.25) is 0 Å². The average molecular weight is 417 g/mol. The van der Waals surface area contributed by atoms with Crippen LogP contribution >= 0.6 is 0 Å². The molecule has 1 aliphatic rings. The Hall–Kier alpha value is -1.64. The van der Waals surface area contributed by atoms with Gasteiger partial charge in [0.05, 0.1) is 7.11 Å². The number of benzene rings is 1. The van der Waals surface area contributed by atoms with Crippen LogP contribution in [0.3, 0.4) is 0 Å². The molecule has 3 nitrogen and oxygen atoms in total. The van der Waals surface area contributed by atoms with Crippen LogP contribution < -0.4 is 9.47 Å². The van der Waals surface area contributed by atoms with Crippen LogP contribution in [0.1, 0.15) is 96.6 Å². The Labute approximate surface area is 184 Å². The summed E-state index contributed by atoms with van der Waals surface area (Å²) in [6.07, 6.45) is 9.38. The second-order valence-corrected chi connectivity index (χ2v) is 9.83. The summed E-state index contributed by atoms with van der Waals surface area (Å²) in [5.74, 6) is 3.62. The number of aliphatic hydroxyl groups is 1. The minimum Gasteiger partial charge on any atom is -0.509 e. The lowest BCUT2D eigenvalue weighted by Gasteiger charge is -2.47. The fourth-order valence-corrected chi connectivity index (χ4v) is 5.45. The van der Waals surface area contributed by atoms with Crippen LogP contribution in [0.25, 0.3) is 0 Å². The molecule has 1 saturated carbocycles. The Balaban J connectivity index is 2.49. The van der Waals surface area contributed by atoms with E-state index in [2.05, 4.69) is 53.3 Å². The molecule has 170 valence electrons. The van der Waals surface area contributed by atoms with Crippen LogP contribution in [-0.4, -0.2) is 18.8 Å². The van der Waals surface area contributed by atoms with Gasteiger partial charge in [-0.05, 0) is 66.5 Å². The van der Waals surface area contributed by atoms with E-state index in [0.29, 0.717) is 11.8 Å². The molecule has 1 fully saturated rings. The zero-order chi connectivity index (χ0) is 22.3. The summed E-state index contributed by atoms with van der Waals surface area (Å²) >= 11 is 0. The van der Waals surface area contributed by atoms with Crippen molar-refractivity contribution in [1.29, 1.82) is 0 Å². The number of hydrogen-bond donors (Lipinski definition) is 1. The maximum atomic E-state index is 9.68. The zero-order valence-corrected chi connectivity index (χ0v) is 20.2. The fourth-order valence-electron chi connectivity index (χ4n) is 5.45. The molecule has 0 aliphatic heterocycles. The zero-order valence-electron chi connectivity index (χ0n) is 20.2. The molecule has 0 heterocycles. The van der Waals surface area contributed by atoms with Gasteiger partial charge in [-0.15, -0.1) is 0 Å². The van der Waals surface area contributed by atoms with Gasteiger partial charge in [0.2, 0.25) is 0 Å². The first-order chi connectivity index (χ1) is 14.3. The molecule has 0 aromatic heterocycles. The summed E-state index contributed by atoms with van der Waals surface area (Å²) in [5.41, 5.74) is 2.72. The quantitative estimate of drug-likeness (QED) is 0.295. The van der Waals surface area contributed by atoms with Gasteiger partial charge in [-0.25, -0.2) is 0 Å². The lowest BCUT2D eigenvalue weighted by molar-refractivity contribution is 0.0711. The van der Waals surface area contributed by atoms with Gasteiger partial charge in [-0.3, -0.25) is 0 Å². The van der Waals surface area contributed by atoms with Gasteiger partial charge >= 0.3 is 0 Å². The largest absolute Gasteiger partial charge is 0.509 e. The molecule has 0 radical (unpaired) electrons. The Kier molecular flexibility index (Phi) is 9.12. The van der Waals surface area contributed by atoms with Crippen molar-refractivity contribution in [2.75, 3.05) is 13.7 Å². The molecule has 0 bridgehead atoms. The number of unbranched alkanes of at least 4 members (excludes halogenated alkanes) is 2. The van der Waals surface area contributed by atoms with Crippen molar-refractivity contribution in [2.45, 2.75) is 91.9 Å². The van der Waals surface area contributed by atoms with Crippen molar-refractivity contribution in [1.82, 2.24) is 0 Å². The van der Waals surface area contributed by atoms with E-state index >= 15 is 0 Å². The topological polar surface area (TPSA) is 38.7 Å². The highest BCUT2D eigenvalue weighted by molar-refractivity contribution is 5.51. The normalized spacial score (nSPS) is 23.2. The van der Waals surface area contributed by atoms with Crippen LogP contribution in [0.15, 0.2) is 24.5 Å². The Morgan fingerprint density at radius 3 is 2.40 bits per heavy atom. The molecule has 3 heteroatoms. The molecule has 1 aromatic carbocycles. The first-order valence-corrected chi connectivity index (χ1v) is 12.0. The van der Waals surface area contributed by atoms with Gasteiger partial charge in [0, 0.05) is 5.56 Å². The first-order valence-electron chi connectivity index (χ1n) is 12.0. The fraction of sp³-hybridized carbons (Fsp3) is 0.704. The molecule has 1 aromatic rings. The van der Waals surface area contributed by atoms with Crippen LogP contribution in [0.4, 0.5) is 0 Å². The van der Waals surface area contributed by atoms with Crippen molar-refractivity contribution in [3.63, 3.8) is 0 Å². The van der Waals surface area contributed by atoms with Gasteiger partial charge in [-0.2, -0.15) is 0 Å². The number of rotatable bonds is 11. The van der Waals surface area contributed by atoms with Gasteiger partial charge in [0.25, 0.3) is 0 Å². The minimum atomic E-state index is 0.0540. The number of ether oxygens (including phenoxy) is 2. The Morgan fingerprint density at radius 2 is 1.83 bits per heavy atom. The summed E-state index contributed by atoms with van der Waals surface area (Å²) in [4.78, 5) is 0. The summed E-state index contributed by atoms with van der Waals surface area (Å²) in [7, 11) is 1.77. The van der Waals surface area contributed by atoms with E-state index in [1.54, 1.807) is 7.11 Å². The minimum absolute atomic E-state index is 0.0540. The molecule has 0 amide bonds. The first kappa shape index (κ1) is 24.6. The monoisotopic (exact) mass is 416 g/mol. The summed E-state index contributed by atoms with van der Waals surface area (Å²) in [6, 6.07) is 4.40. The Bertz CT molecular complexity index is 692. The van der Waals surface area contributed by atoms with Crippen LogP contribution in [-0.2, 0) is 6.42 Å². The smallest absolute Gasteiger partial charge is 0.144 e. The molecular weight excluding hydrogens is 372 g/mol. The second-order valence-electron chi connectivity index (χ2n) is 9.83. The summed E-state index contributed by atoms with van der Waals surface area (Å²) < 4.78 is 12.1. The van der Waals surface area contributed by atoms with E-state index in [0.717, 1.165) is 43.1 Å². The highest BCUT2D eigenvalue weighted by Crippen LogP contribution is 2.55. The predicted octanol–water partition coefficient (Wildman–Crippen LogP) is 7.83. The van der Waals surface area contributed by atoms with Crippen LogP contribution in [0.5, 0.6) is 11.5 Å². The maximum Gasteiger partial charge on any atom is 0.144 e. The van der Waals surface area contributed by atoms with Gasteiger partial charge < -0.3 is 14.6 Å². The van der Waals surface area contributed by atoms with Gasteiger partial charge in [0.1, 0.15) is 23.9 Å². The van der Waals surface area contributed by atoms with Gasteiger partial charge in [0.15, 0.2) is 0 Å². The van der Waals surface area contributed by atoms with E-state index < -0.39 is 0 Å². The number of aryl methyl sites for hydroxylation is 1. The molecule has 2 rings (SSSR count). The third-order valence-corrected chi connectivity index (χ3v) is 7.24. The molecule has 1 N–H and O–H groups in total. The van der Waals surface area contributed by atoms with Crippen LogP contribution in [0, 0.1) is 17.3 Å². The van der Waals surface area contributed by atoms with Crippen molar-refractivity contribution in [3.8, 4) is 11.5 Å². The molecule has 0 spiro atoms. The number of aliphatic hydroxyl groups excluding tert-OH is 1. The lowest BCUT2D eigenvalue weighted by Crippen LogP contribution is -2.36. The number of methoxy groups -OCH3 is 1. The Morgan fingerprint density at radius 1 is 1.13 bits per heavy atom. The van der Waals surface area contributed by atoms with E-state index in [1.807, 2.05) is 0 Å². The molecule has 1 aliphatic carbocycles. The number of hydrogen-bond acceptors (Lipinski definition) is 3. The molecular formula is C27H44O3. The van der Waals surface area contributed by atoms with Gasteiger partial charge in [-0.1, -0.05) is 66.9 Å². The third-order valence-electron chi connectivity index (χ3n) is 7.24. The molecule has 2 unspecified atom stereocenters. The highest BCUT2D eigenvalue weighted by atomic mass is 16.5. The van der Waals surface area contributed by atoms with E-state index in [4.69, 9.17) is 9.47 Å². The average Bonchev–Trinajstić information content (AvgIpc) is 2.71. The lowest BCUT2D eigenvalue weighted by atomic mass is 9.58. The maximum absolute atomic E-state index is 9.68. The SMILES string of the molecule is C=C(O)COc1cc(CCCCC)cc(OC)c1[C@@H]1CC(C)(C)C(CC)CC1CC. The van der Waals surface area contributed by atoms with E-state index in [-0.39, 0.29) is 17.8 Å².